The quantitative estimate of drug-likeness (QED) is 0.114. The summed E-state index contributed by atoms with van der Waals surface area (Å²) in [5.74, 6) is -1.56. The van der Waals surface area contributed by atoms with Gasteiger partial charge in [0.15, 0.2) is 5.82 Å². The van der Waals surface area contributed by atoms with Gasteiger partial charge in [-0.3, -0.25) is 9.69 Å². The zero-order chi connectivity index (χ0) is 46.0. The van der Waals surface area contributed by atoms with Crippen LogP contribution in [-0.4, -0.2) is 72.0 Å². The van der Waals surface area contributed by atoms with Crippen molar-refractivity contribution < 1.29 is 45.8 Å². The summed E-state index contributed by atoms with van der Waals surface area (Å²) in [6, 6.07) is 19.7. The standard InChI is InChI=1S/C43H38ClF5N10O5/c1-40(2,3)23-42(29-12-9-26(10-13-29)28-19-51-33(18-50)52-20-28)35(60)58(37(56-42)55-38(61)63-21-25-7-5-4-6-8-25)32(22-64-39(62)57-41(15-16-41)43(47,48)49)27-11-14-31(44)30(17-27)34-53-24-54-59(34)36(45)46/h4-14,17,19-20,24,32,36H,15-16,21-23H2,1-3H3,(H,57,62)(H,55,56,61)/t32-,42-/m1/s1. The Morgan fingerprint density at radius 1 is 0.984 bits per heavy atom. The molecular weight excluding hydrogens is 867 g/mol. The van der Waals surface area contributed by atoms with E-state index in [4.69, 9.17) is 26.3 Å². The number of amides is 3. The van der Waals surface area contributed by atoms with Crippen LogP contribution in [-0.2, 0) is 26.4 Å². The van der Waals surface area contributed by atoms with E-state index in [1.807, 2.05) is 32.2 Å². The maximum absolute atomic E-state index is 15.6. The molecule has 0 unspecified atom stereocenters. The predicted molar refractivity (Wildman–Crippen MR) is 219 cm³/mol. The molecule has 2 N–H and O–H groups in total. The largest absolute Gasteiger partial charge is 0.447 e. The van der Waals surface area contributed by atoms with Crippen LogP contribution in [0.15, 0.2) is 96.5 Å². The van der Waals surface area contributed by atoms with Gasteiger partial charge in [-0.15, -0.1) is 4.99 Å². The number of carbonyl (C=O) groups is 3. The number of nitrogens with one attached hydrogen (secondary N) is 2. The van der Waals surface area contributed by atoms with Crippen LogP contribution in [0.3, 0.4) is 0 Å². The Balaban J connectivity index is 1.36. The highest BCUT2D eigenvalue weighted by molar-refractivity contribution is 6.33. The van der Waals surface area contributed by atoms with Crippen molar-refractivity contribution in [2.75, 3.05) is 6.61 Å². The van der Waals surface area contributed by atoms with Gasteiger partial charge in [0, 0.05) is 23.5 Å². The first kappa shape index (κ1) is 45.0. The summed E-state index contributed by atoms with van der Waals surface area (Å²) in [5.41, 5.74) is -2.77. The summed E-state index contributed by atoms with van der Waals surface area (Å²) in [5, 5.41) is 17.7. The van der Waals surface area contributed by atoms with Crippen LogP contribution in [0.25, 0.3) is 22.5 Å². The third-order valence-corrected chi connectivity index (χ3v) is 10.8. The molecule has 0 spiro atoms. The minimum atomic E-state index is -4.79. The lowest BCUT2D eigenvalue weighted by atomic mass is 9.75. The van der Waals surface area contributed by atoms with Crippen molar-refractivity contribution in [3.63, 3.8) is 0 Å². The van der Waals surface area contributed by atoms with Crippen molar-refractivity contribution in [3.05, 3.63) is 119 Å². The molecule has 1 saturated carbocycles. The van der Waals surface area contributed by atoms with E-state index in [-0.39, 0.29) is 53.7 Å². The molecule has 2 atom stereocenters. The van der Waals surface area contributed by atoms with E-state index in [0.717, 1.165) is 11.2 Å². The Bertz CT molecular complexity index is 2610. The van der Waals surface area contributed by atoms with Gasteiger partial charge in [0.05, 0.1) is 11.1 Å². The summed E-state index contributed by atoms with van der Waals surface area (Å²) in [6.45, 7) is 1.38. The Morgan fingerprint density at radius 2 is 1.67 bits per heavy atom. The number of aromatic nitrogens is 5. The van der Waals surface area contributed by atoms with Gasteiger partial charge in [-0.25, -0.2) is 24.5 Å². The molecule has 1 saturated heterocycles. The molecule has 3 aromatic carbocycles. The fraction of sp³-hybridized carbons (Fsp3) is 0.326. The van der Waals surface area contributed by atoms with E-state index in [9.17, 15) is 31.5 Å². The monoisotopic (exact) mass is 904 g/mol. The number of nitrogens with zero attached hydrogens (tertiary/aromatic N) is 8. The van der Waals surface area contributed by atoms with Crippen molar-refractivity contribution >= 4 is 35.7 Å². The number of benzene rings is 3. The Labute approximate surface area is 367 Å². The number of hydrogen-bond donors (Lipinski definition) is 2. The maximum Gasteiger partial charge on any atom is 0.437 e. The van der Waals surface area contributed by atoms with Crippen LogP contribution in [0.5, 0.6) is 0 Å². The van der Waals surface area contributed by atoms with Gasteiger partial charge in [-0.2, -0.15) is 37.0 Å². The number of nitriles is 1. The molecule has 0 radical (unpaired) electrons. The normalized spacial score (nSPS) is 18.0. The van der Waals surface area contributed by atoms with E-state index >= 15 is 4.79 Å². The van der Waals surface area contributed by atoms with Crippen LogP contribution in [0.2, 0.25) is 5.02 Å². The Kier molecular flexibility index (Phi) is 12.4. The van der Waals surface area contributed by atoms with Gasteiger partial charge >= 0.3 is 24.9 Å². The van der Waals surface area contributed by atoms with Crippen molar-refractivity contribution in [2.24, 2.45) is 10.4 Å². The third kappa shape index (κ3) is 9.49. The molecule has 2 fully saturated rings. The number of aliphatic imine (C=N–C) groups is 1. The summed E-state index contributed by atoms with van der Waals surface area (Å²) in [4.78, 5) is 59.6. The van der Waals surface area contributed by atoms with Crippen LogP contribution in [0, 0.1) is 16.7 Å². The molecule has 7 rings (SSSR count). The molecule has 0 bridgehead atoms. The van der Waals surface area contributed by atoms with E-state index in [1.54, 1.807) is 54.6 Å². The number of halogens is 6. The lowest BCUT2D eigenvalue weighted by molar-refractivity contribution is -0.164. The molecule has 2 aliphatic rings. The zero-order valence-corrected chi connectivity index (χ0v) is 35.0. The number of ether oxygens (including phenoxy) is 2. The fourth-order valence-electron chi connectivity index (χ4n) is 7.33. The highest BCUT2D eigenvalue weighted by Gasteiger charge is 2.65. The van der Waals surface area contributed by atoms with Crippen LogP contribution < -0.4 is 10.6 Å². The molecule has 5 aromatic rings. The molecule has 1 aliphatic heterocycles. The molecule has 21 heteroatoms. The summed E-state index contributed by atoms with van der Waals surface area (Å²) >= 11 is 6.53. The zero-order valence-electron chi connectivity index (χ0n) is 34.2. The van der Waals surface area contributed by atoms with Gasteiger partial charge in [-0.05, 0) is 59.1 Å². The second kappa shape index (κ2) is 17.6. The third-order valence-electron chi connectivity index (χ3n) is 10.5. The first-order chi connectivity index (χ1) is 30.3. The van der Waals surface area contributed by atoms with Gasteiger partial charge in [0.1, 0.15) is 36.7 Å². The van der Waals surface area contributed by atoms with Crippen LogP contribution >= 0.6 is 11.6 Å². The van der Waals surface area contributed by atoms with Gasteiger partial charge in [-0.1, -0.05) is 93.0 Å². The first-order valence-electron chi connectivity index (χ1n) is 19.6. The molecule has 1 aliphatic carbocycles. The molecular formula is C43H38ClF5N10O5. The van der Waals surface area contributed by atoms with Crippen molar-refractivity contribution in [1.82, 2.24) is 40.3 Å². The second-order valence-electron chi connectivity index (χ2n) is 16.3. The van der Waals surface area contributed by atoms with Crippen molar-refractivity contribution in [1.29, 1.82) is 5.26 Å². The average molecular weight is 905 g/mol. The van der Waals surface area contributed by atoms with Crippen molar-refractivity contribution in [3.8, 4) is 28.6 Å². The lowest BCUT2D eigenvalue weighted by Crippen LogP contribution is -2.49. The number of guanidine groups is 1. The number of hydrogen-bond acceptors (Lipinski definition) is 10. The molecule has 3 heterocycles. The highest BCUT2D eigenvalue weighted by atomic mass is 35.5. The SMILES string of the molecule is CC(C)(C)C[C@]1(c2ccc(-c3cnc(C#N)nc3)cc2)NC(=NC(=O)OCc2ccccc2)N([C@H](COC(=O)NC2(C(F)(F)F)CC2)c2ccc(Cl)c(-c3ncnn3C(F)F)c2)C1=O. The number of rotatable bonds is 12. The van der Waals surface area contributed by atoms with E-state index in [1.165, 1.54) is 30.6 Å². The van der Waals surface area contributed by atoms with Gasteiger partial charge in [0.2, 0.25) is 11.8 Å². The predicted octanol–water partition coefficient (Wildman–Crippen LogP) is 8.64. The average Bonchev–Trinajstić information content (AvgIpc) is 3.80. The number of alkyl halides is 5. The fourth-order valence-corrected chi connectivity index (χ4v) is 7.53. The maximum atomic E-state index is 15.6. The minimum Gasteiger partial charge on any atom is -0.447 e. The number of carbonyl (C=O) groups excluding carboxylic acids is 3. The van der Waals surface area contributed by atoms with Gasteiger partial charge in [0.25, 0.3) is 5.91 Å². The van der Waals surface area contributed by atoms with E-state index in [2.05, 4.69) is 30.4 Å². The summed E-state index contributed by atoms with van der Waals surface area (Å²) in [6.07, 6.45) is -4.33. The van der Waals surface area contributed by atoms with Crippen LogP contribution in [0.4, 0.5) is 31.5 Å². The van der Waals surface area contributed by atoms with Crippen molar-refractivity contribution in [2.45, 2.75) is 76.5 Å². The lowest BCUT2D eigenvalue weighted by Gasteiger charge is -2.35. The Hall–Kier alpha value is -7.01. The topological polar surface area (TPSA) is 190 Å². The highest BCUT2D eigenvalue weighted by Crippen LogP contribution is 2.49. The Morgan fingerprint density at radius 3 is 2.28 bits per heavy atom. The summed E-state index contributed by atoms with van der Waals surface area (Å²) in [7, 11) is 0. The van der Waals surface area contributed by atoms with Crippen LogP contribution in [0.1, 0.15) is 75.1 Å². The van der Waals surface area contributed by atoms with E-state index < -0.39 is 65.9 Å². The van der Waals surface area contributed by atoms with Gasteiger partial charge < -0.3 is 20.1 Å². The molecule has 2 aromatic heterocycles. The van der Waals surface area contributed by atoms with E-state index in [0.29, 0.717) is 26.9 Å². The molecule has 15 nitrogen and oxygen atoms in total. The molecule has 332 valence electrons. The minimum absolute atomic E-state index is 0.0356. The summed E-state index contributed by atoms with van der Waals surface area (Å²) < 4.78 is 81.2. The first-order valence-corrected chi connectivity index (χ1v) is 19.9. The molecule has 3 amide bonds. The smallest absolute Gasteiger partial charge is 0.437 e. The molecule has 64 heavy (non-hydrogen) atoms. The number of alkyl carbamates (subject to hydrolysis) is 1. The second-order valence-corrected chi connectivity index (χ2v) is 16.7.